The molecule has 1 aromatic rings. The van der Waals surface area contributed by atoms with Gasteiger partial charge in [-0.1, -0.05) is 23.4 Å². The van der Waals surface area contributed by atoms with Gasteiger partial charge in [-0.2, -0.15) is 0 Å². The van der Waals surface area contributed by atoms with E-state index in [-0.39, 0.29) is 6.42 Å². The minimum Gasteiger partial charge on any atom is -0.481 e. The molecule has 0 atom stereocenters. The summed E-state index contributed by atoms with van der Waals surface area (Å²) in [5.41, 5.74) is 0.547. The molecule has 0 aliphatic rings. The van der Waals surface area contributed by atoms with Crippen LogP contribution in [0.15, 0.2) is 18.3 Å². The first-order valence-corrected chi connectivity index (χ1v) is 3.89. The van der Waals surface area contributed by atoms with E-state index >= 15 is 0 Å². The van der Waals surface area contributed by atoms with Crippen molar-refractivity contribution in [3.63, 3.8) is 0 Å². The monoisotopic (exact) mass is 195 g/mol. The highest BCUT2D eigenvalue weighted by molar-refractivity contribution is 6.30. The second-order valence-electron chi connectivity index (χ2n) is 2.21. The van der Waals surface area contributed by atoms with Crippen LogP contribution in [0.4, 0.5) is 0 Å². The molecule has 0 aromatic carbocycles. The fraction of sp³-hybridized carbons (Fsp3) is 0.111. The molecule has 0 unspecified atom stereocenters. The zero-order chi connectivity index (χ0) is 9.68. The molecule has 1 N–H and O–H groups in total. The van der Waals surface area contributed by atoms with E-state index < -0.39 is 5.97 Å². The van der Waals surface area contributed by atoms with Crippen LogP contribution in [0.5, 0.6) is 0 Å². The summed E-state index contributed by atoms with van der Waals surface area (Å²) in [4.78, 5) is 13.9. The lowest BCUT2D eigenvalue weighted by Gasteiger charge is -1.90. The van der Waals surface area contributed by atoms with Gasteiger partial charge in [-0.25, -0.2) is 4.98 Å². The van der Waals surface area contributed by atoms with E-state index in [1.807, 2.05) is 0 Å². The van der Waals surface area contributed by atoms with Gasteiger partial charge in [0, 0.05) is 6.20 Å². The van der Waals surface area contributed by atoms with Gasteiger partial charge in [0.25, 0.3) is 0 Å². The number of carbonyl (C=O) groups is 1. The maximum Gasteiger partial charge on any atom is 0.315 e. The molecule has 0 saturated carbocycles. The van der Waals surface area contributed by atoms with Gasteiger partial charge in [0.05, 0.1) is 5.56 Å². The molecule has 13 heavy (non-hydrogen) atoms. The van der Waals surface area contributed by atoms with Crippen LogP contribution in [0.2, 0.25) is 5.15 Å². The SMILES string of the molecule is O=C(O)CC#Cc1cccnc1Cl. The highest BCUT2D eigenvalue weighted by Crippen LogP contribution is 2.09. The summed E-state index contributed by atoms with van der Waals surface area (Å²) in [6.07, 6.45) is 1.36. The van der Waals surface area contributed by atoms with E-state index in [0.29, 0.717) is 10.7 Å². The summed E-state index contributed by atoms with van der Waals surface area (Å²) >= 11 is 5.68. The Bertz CT molecular complexity index is 379. The van der Waals surface area contributed by atoms with Crippen LogP contribution in [0, 0.1) is 11.8 Å². The summed E-state index contributed by atoms with van der Waals surface area (Å²) in [6.45, 7) is 0. The predicted octanol–water partition coefficient (Wildman–Crippen LogP) is 1.56. The maximum absolute atomic E-state index is 10.1. The average Bonchev–Trinajstić information content (AvgIpc) is 2.08. The number of aromatic nitrogens is 1. The molecule has 0 amide bonds. The maximum atomic E-state index is 10.1. The van der Waals surface area contributed by atoms with E-state index in [4.69, 9.17) is 16.7 Å². The normalized spacial score (nSPS) is 8.69. The number of carboxylic acid groups (broad SMARTS) is 1. The molecule has 4 heteroatoms. The van der Waals surface area contributed by atoms with E-state index in [0.717, 1.165) is 0 Å². The van der Waals surface area contributed by atoms with E-state index in [1.165, 1.54) is 0 Å². The number of rotatable bonds is 1. The zero-order valence-electron chi connectivity index (χ0n) is 6.62. The van der Waals surface area contributed by atoms with Gasteiger partial charge in [-0.15, -0.1) is 0 Å². The van der Waals surface area contributed by atoms with Crippen LogP contribution < -0.4 is 0 Å². The van der Waals surface area contributed by atoms with Crippen LogP contribution in [0.1, 0.15) is 12.0 Å². The van der Waals surface area contributed by atoms with Crippen LogP contribution in [0.3, 0.4) is 0 Å². The lowest BCUT2D eigenvalue weighted by atomic mass is 10.3. The lowest BCUT2D eigenvalue weighted by Crippen LogP contribution is -1.90. The molecular weight excluding hydrogens is 190 g/mol. The fourth-order valence-corrected chi connectivity index (χ4v) is 0.861. The van der Waals surface area contributed by atoms with Gasteiger partial charge in [0.15, 0.2) is 0 Å². The summed E-state index contributed by atoms with van der Waals surface area (Å²) < 4.78 is 0. The smallest absolute Gasteiger partial charge is 0.315 e. The van der Waals surface area contributed by atoms with Gasteiger partial charge in [0.1, 0.15) is 11.6 Å². The summed E-state index contributed by atoms with van der Waals surface area (Å²) in [6, 6.07) is 3.38. The second-order valence-corrected chi connectivity index (χ2v) is 2.57. The van der Waals surface area contributed by atoms with Gasteiger partial charge in [-0.3, -0.25) is 4.79 Å². The number of aliphatic carboxylic acids is 1. The van der Waals surface area contributed by atoms with Crippen LogP contribution in [0.25, 0.3) is 0 Å². The molecular formula is C9H6ClNO2. The second kappa shape index (κ2) is 4.48. The largest absolute Gasteiger partial charge is 0.481 e. The Labute approximate surface area is 80.4 Å². The molecule has 0 aliphatic carbocycles. The van der Waals surface area contributed by atoms with Gasteiger partial charge < -0.3 is 5.11 Å². The number of hydrogen-bond acceptors (Lipinski definition) is 2. The molecule has 0 radical (unpaired) electrons. The Kier molecular flexibility index (Phi) is 3.30. The first kappa shape index (κ1) is 9.56. The van der Waals surface area contributed by atoms with Crippen molar-refractivity contribution in [1.82, 2.24) is 4.98 Å². The lowest BCUT2D eigenvalue weighted by molar-refractivity contribution is -0.135. The van der Waals surface area contributed by atoms with Crippen molar-refractivity contribution in [2.24, 2.45) is 0 Å². The zero-order valence-corrected chi connectivity index (χ0v) is 7.38. The Morgan fingerprint density at radius 2 is 2.46 bits per heavy atom. The van der Waals surface area contributed by atoms with Gasteiger partial charge in [0.2, 0.25) is 0 Å². The number of pyridine rings is 1. The Morgan fingerprint density at radius 1 is 1.69 bits per heavy atom. The standard InChI is InChI=1S/C9H6ClNO2/c10-9-7(4-2-6-11-9)3-1-5-8(12)13/h2,4,6H,5H2,(H,12,13). The van der Waals surface area contributed by atoms with E-state index in [2.05, 4.69) is 16.8 Å². The molecule has 0 saturated heterocycles. The van der Waals surface area contributed by atoms with E-state index in [9.17, 15) is 4.79 Å². The fourth-order valence-electron chi connectivity index (χ4n) is 0.694. The molecule has 0 fully saturated rings. The molecule has 0 aliphatic heterocycles. The Balaban J connectivity index is 2.77. The Morgan fingerprint density at radius 3 is 3.08 bits per heavy atom. The highest BCUT2D eigenvalue weighted by Gasteiger charge is 1.95. The van der Waals surface area contributed by atoms with Crippen molar-refractivity contribution in [2.75, 3.05) is 0 Å². The molecule has 1 heterocycles. The third kappa shape index (κ3) is 3.14. The first-order valence-electron chi connectivity index (χ1n) is 3.51. The predicted molar refractivity (Wildman–Crippen MR) is 48.4 cm³/mol. The van der Waals surface area contributed by atoms with Crippen LogP contribution in [-0.4, -0.2) is 16.1 Å². The van der Waals surface area contributed by atoms with Crippen LogP contribution >= 0.6 is 11.6 Å². The summed E-state index contributed by atoms with van der Waals surface area (Å²) in [5.74, 6) is 4.14. The topological polar surface area (TPSA) is 50.2 Å². The third-order valence-corrected chi connectivity index (χ3v) is 1.52. The van der Waals surface area contributed by atoms with Crippen molar-refractivity contribution in [1.29, 1.82) is 0 Å². The number of halogens is 1. The minimum atomic E-state index is -0.951. The quantitative estimate of drug-likeness (QED) is 0.547. The molecule has 0 bridgehead atoms. The number of carboxylic acids is 1. The molecule has 1 rings (SSSR count). The molecule has 66 valence electrons. The summed E-state index contributed by atoms with van der Waals surface area (Å²) in [7, 11) is 0. The van der Waals surface area contributed by atoms with Gasteiger partial charge in [-0.05, 0) is 12.1 Å². The number of hydrogen-bond donors (Lipinski definition) is 1. The minimum absolute atomic E-state index is 0.189. The molecule has 1 aromatic heterocycles. The summed E-state index contributed by atoms with van der Waals surface area (Å²) in [5, 5.41) is 8.60. The van der Waals surface area contributed by atoms with Crippen molar-refractivity contribution in [2.45, 2.75) is 6.42 Å². The first-order chi connectivity index (χ1) is 6.20. The van der Waals surface area contributed by atoms with Crippen molar-refractivity contribution >= 4 is 17.6 Å². The molecule has 0 spiro atoms. The average molecular weight is 196 g/mol. The number of nitrogens with zero attached hydrogens (tertiary/aromatic N) is 1. The van der Waals surface area contributed by atoms with Crippen molar-refractivity contribution in [3.05, 3.63) is 29.0 Å². The van der Waals surface area contributed by atoms with Crippen molar-refractivity contribution in [3.8, 4) is 11.8 Å². The molecule has 3 nitrogen and oxygen atoms in total. The van der Waals surface area contributed by atoms with Crippen LogP contribution in [-0.2, 0) is 4.79 Å². The highest BCUT2D eigenvalue weighted by atomic mass is 35.5. The Hall–Kier alpha value is -1.53. The van der Waals surface area contributed by atoms with Gasteiger partial charge >= 0.3 is 5.97 Å². The van der Waals surface area contributed by atoms with Crippen molar-refractivity contribution < 1.29 is 9.90 Å². The van der Waals surface area contributed by atoms with E-state index in [1.54, 1.807) is 18.3 Å². The third-order valence-electron chi connectivity index (χ3n) is 1.22.